The van der Waals surface area contributed by atoms with Crippen LogP contribution < -0.4 is 4.72 Å². The Hall–Kier alpha value is -0.910. The van der Waals surface area contributed by atoms with Gasteiger partial charge in [-0.05, 0) is 11.4 Å². The molecule has 0 radical (unpaired) electrons. The van der Waals surface area contributed by atoms with Crippen molar-refractivity contribution >= 4 is 21.4 Å². The summed E-state index contributed by atoms with van der Waals surface area (Å²) in [6.45, 7) is 0.423. The smallest absolute Gasteiger partial charge is 0.214 e. The number of rotatable bonds is 7. The molecule has 2 N–H and O–H groups in total. The first-order valence-corrected chi connectivity index (χ1v) is 8.24. The molecule has 0 amide bonds. The van der Waals surface area contributed by atoms with Gasteiger partial charge in [-0.2, -0.15) is 0 Å². The first kappa shape index (κ1) is 16.1. The molecule has 106 valence electrons. The highest BCUT2D eigenvalue weighted by molar-refractivity contribution is 7.89. The van der Waals surface area contributed by atoms with Crippen LogP contribution in [0.25, 0.3) is 0 Å². The number of aliphatic hydroxyl groups excluding tert-OH is 1. The molecule has 7 heteroatoms. The maximum atomic E-state index is 11.6. The molecule has 0 fully saturated rings. The van der Waals surface area contributed by atoms with Gasteiger partial charge >= 0.3 is 0 Å². The summed E-state index contributed by atoms with van der Waals surface area (Å²) in [5, 5.41) is 10.5. The van der Waals surface area contributed by atoms with Gasteiger partial charge in [-0.1, -0.05) is 11.8 Å². The largest absolute Gasteiger partial charge is 0.395 e. The van der Waals surface area contributed by atoms with E-state index in [2.05, 4.69) is 16.6 Å². The molecule has 0 aliphatic rings. The van der Waals surface area contributed by atoms with Crippen LogP contribution in [-0.2, 0) is 21.3 Å². The lowest BCUT2D eigenvalue weighted by atomic mass is 10.2. The molecule has 1 heterocycles. The Labute approximate surface area is 117 Å². The van der Waals surface area contributed by atoms with Gasteiger partial charge in [-0.3, -0.25) is 0 Å². The van der Waals surface area contributed by atoms with Gasteiger partial charge in [0.2, 0.25) is 10.0 Å². The van der Waals surface area contributed by atoms with E-state index in [1.165, 1.54) is 18.4 Å². The van der Waals surface area contributed by atoms with E-state index >= 15 is 0 Å². The molecule has 5 nitrogen and oxygen atoms in total. The fraction of sp³-hybridized carbons (Fsp3) is 0.500. The molecule has 0 saturated carbocycles. The molecule has 0 aliphatic carbocycles. The van der Waals surface area contributed by atoms with Gasteiger partial charge in [0.1, 0.15) is 0 Å². The van der Waals surface area contributed by atoms with Crippen molar-refractivity contribution < 1.29 is 18.3 Å². The van der Waals surface area contributed by atoms with Crippen LogP contribution in [0.2, 0.25) is 0 Å². The first-order valence-electron chi connectivity index (χ1n) is 5.71. The third-order valence-electron chi connectivity index (χ3n) is 2.21. The molecule has 0 unspecified atom stereocenters. The Bertz CT molecular complexity index is 540. The molecule has 19 heavy (non-hydrogen) atoms. The summed E-state index contributed by atoms with van der Waals surface area (Å²) in [4.78, 5) is 0.867. The van der Waals surface area contributed by atoms with Gasteiger partial charge < -0.3 is 9.84 Å². The average Bonchev–Trinajstić information content (AvgIpc) is 2.82. The van der Waals surface area contributed by atoms with Crippen LogP contribution in [0, 0.1) is 11.8 Å². The summed E-state index contributed by atoms with van der Waals surface area (Å²) in [6.07, 6.45) is 0.412. The molecule has 1 rings (SSSR count). The van der Waals surface area contributed by atoms with E-state index in [1.807, 2.05) is 11.4 Å². The van der Waals surface area contributed by atoms with Crippen LogP contribution in [0.4, 0.5) is 0 Å². The Kier molecular flexibility index (Phi) is 7.05. The Morgan fingerprint density at radius 3 is 3.00 bits per heavy atom. The second-order valence-corrected chi connectivity index (χ2v) is 6.59. The lowest BCUT2D eigenvalue weighted by molar-refractivity contribution is 0.217. The number of nitrogens with one attached hydrogen (secondary N) is 1. The summed E-state index contributed by atoms with van der Waals surface area (Å²) in [7, 11) is -1.86. The molecule has 1 aromatic rings. The Balaban J connectivity index is 2.59. The number of hydrogen-bond donors (Lipinski definition) is 2. The maximum Gasteiger partial charge on any atom is 0.214 e. The average molecular weight is 303 g/mol. The molecule has 0 aliphatic heterocycles. The second-order valence-electron chi connectivity index (χ2n) is 3.67. The Morgan fingerprint density at radius 1 is 1.53 bits per heavy atom. The van der Waals surface area contributed by atoms with Crippen molar-refractivity contribution in [1.82, 2.24) is 4.72 Å². The summed E-state index contributed by atoms with van der Waals surface area (Å²) in [5.74, 6) is 5.68. The third kappa shape index (κ3) is 6.18. The van der Waals surface area contributed by atoms with Crippen LogP contribution in [0.15, 0.2) is 11.4 Å². The molecule has 0 atom stereocenters. The van der Waals surface area contributed by atoms with E-state index in [-0.39, 0.29) is 25.5 Å². The van der Waals surface area contributed by atoms with Gasteiger partial charge in [0.15, 0.2) is 0 Å². The van der Waals surface area contributed by atoms with E-state index in [0.717, 1.165) is 10.4 Å². The first-order chi connectivity index (χ1) is 9.09. The molecule has 0 saturated heterocycles. The minimum Gasteiger partial charge on any atom is -0.395 e. The summed E-state index contributed by atoms with van der Waals surface area (Å²) < 4.78 is 30.5. The van der Waals surface area contributed by atoms with Crippen molar-refractivity contribution in [3.8, 4) is 11.8 Å². The maximum absolute atomic E-state index is 11.6. The Morgan fingerprint density at radius 2 is 2.32 bits per heavy atom. The quantitative estimate of drug-likeness (QED) is 0.721. The standard InChI is InChI=1S/C12H17NO4S2/c1-17-7-9-19(15,16)13-10-12-11(5-8-18-12)4-2-3-6-14/h5,8,13-14H,3,6-7,9-10H2,1H3. The van der Waals surface area contributed by atoms with E-state index in [0.29, 0.717) is 6.42 Å². The van der Waals surface area contributed by atoms with E-state index in [1.54, 1.807) is 0 Å². The zero-order chi connectivity index (χ0) is 14.1. The van der Waals surface area contributed by atoms with Crippen LogP contribution in [-0.4, -0.2) is 39.6 Å². The molecular weight excluding hydrogens is 286 g/mol. The predicted octanol–water partition coefficient (Wildman–Crippen LogP) is 0.548. The summed E-state index contributed by atoms with van der Waals surface area (Å²) in [6, 6.07) is 1.84. The van der Waals surface area contributed by atoms with Crippen molar-refractivity contribution in [2.24, 2.45) is 0 Å². The van der Waals surface area contributed by atoms with Crippen LogP contribution in [0.3, 0.4) is 0 Å². The van der Waals surface area contributed by atoms with Gasteiger partial charge in [0.05, 0.1) is 19.0 Å². The van der Waals surface area contributed by atoms with Crippen LogP contribution >= 0.6 is 11.3 Å². The van der Waals surface area contributed by atoms with Gasteiger partial charge in [-0.15, -0.1) is 11.3 Å². The number of hydrogen-bond acceptors (Lipinski definition) is 5. The highest BCUT2D eigenvalue weighted by atomic mass is 32.2. The van der Waals surface area contributed by atoms with E-state index in [4.69, 9.17) is 9.84 Å². The third-order valence-corrected chi connectivity index (χ3v) is 4.42. The minimum absolute atomic E-state index is 0.0239. The lowest BCUT2D eigenvalue weighted by Crippen LogP contribution is -2.27. The number of methoxy groups -OCH3 is 1. The second kappa shape index (κ2) is 8.30. The summed E-state index contributed by atoms with van der Waals surface area (Å²) in [5.41, 5.74) is 0.799. The fourth-order valence-electron chi connectivity index (χ4n) is 1.24. The SMILES string of the molecule is COCCS(=O)(=O)NCc1sccc1C#CCCO. The minimum atomic E-state index is -3.32. The van der Waals surface area contributed by atoms with Crippen LogP contribution in [0.5, 0.6) is 0 Å². The number of aliphatic hydroxyl groups is 1. The van der Waals surface area contributed by atoms with Crippen molar-refractivity contribution in [2.75, 3.05) is 26.1 Å². The van der Waals surface area contributed by atoms with Crippen LogP contribution in [0.1, 0.15) is 16.9 Å². The lowest BCUT2D eigenvalue weighted by Gasteiger charge is -2.05. The summed E-state index contributed by atoms with van der Waals surface area (Å²) >= 11 is 1.45. The van der Waals surface area contributed by atoms with Crippen molar-refractivity contribution in [2.45, 2.75) is 13.0 Å². The topological polar surface area (TPSA) is 75.6 Å². The van der Waals surface area contributed by atoms with E-state index < -0.39 is 10.0 Å². The van der Waals surface area contributed by atoms with Crippen molar-refractivity contribution in [3.63, 3.8) is 0 Å². The molecule has 0 aromatic carbocycles. The van der Waals surface area contributed by atoms with Crippen molar-refractivity contribution in [1.29, 1.82) is 0 Å². The monoisotopic (exact) mass is 303 g/mol. The molecular formula is C12H17NO4S2. The predicted molar refractivity (Wildman–Crippen MR) is 75.4 cm³/mol. The van der Waals surface area contributed by atoms with E-state index in [9.17, 15) is 8.42 Å². The van der Waals surface area contributed by atoms with Crippen molar-refractivity contribution in [3.05, 3.63) is 21.9 Å². The van der Waals surface area contributed by atoms with Gasteiger partial charge in [0.25, 0.3) is 0 Å². The molecule has 1 aromatic heterocycles. The highest BCUT2D eigenvalue weighted by Gasteiger charge is 2.11. The molecule has 0 bridgehead atoms. The zero-order valence-corrected chi connectivity index (χ0v) is 12.3. The number of sulfonamides is 1. The highest BCUT2D eigenvalue weighted by Crippen LogP contribution is 2.15. The van der Waals surface area contributed by atoms with Gasteiger partial charge in [0, 0.05) is 30.5 Å². The van der Waals surface area contributed by atoms with Gasteiger partial charge in [-0.25, -0.2) is 13.1 Å². The number of thiophene rings is 1. The normalized spacial score (nSPS) is 11.1. The fourth-order valence-corrected chi connectivity index (χ4v) is 3.00. The number of ether oxygens (including phenoxy) is 1. The zero-order valence-electron chi connectivity index (χ0n) is 10.7. The molecule has 0 spiro atoms.